The molecular weight excluding hydrogens is 254 g/mol. The summed E-state index contributed by atoms with van der Waals surface area (Å²) in [6, 6.07) is 5.50. The van der Waals surface area contributed by atoms with Gasteiger partial charge in [-0.15, -0.1) is 0 Å². The maximum absolute atomic E-state index is 11.1. The fourth-order valence-corrected chi connectivity index (χ4v) is 2.86. The lowest BCUT2D eigenvalue weighted by molar-refractivity contribution is -0.384. The number of nitro groups is 1. The Kier molecular flexibility index (Phi) is 4.28. The Morgan fingerprint density at radius 3 is 2.90 bits per heavy atom. The zero-order valence-electron chi connectivity index (χ0n) is 12.4. The van der Waals surface area contributed by atoms with Crippen LogP contribution in [0.1, 0.15) is 32.3 Å². The van der Waals surface area contributed by atoms with E-state index in [1.807, 2.05) is 13.0 Å². The third kappa shape index (κ3) is 3.10. The summed E-state index contributed by atoms with van der Waals surface area (Å²) in [5, 5.41) is 17.9. The number of nitrogens with zero attached hydrogens (tertiary/aromatic N) is 1. The molecule has 1 unspecified atom stereocenters. The number of nitro benzene ring substituents is 1. The number of hydrogen-bond acceptors (Lipinski definition) is 4. The standard InChI is InChI=1S/C15H23N3O2/c1-11-6-4-7-12(18(19)20)14(11)17-10-13-15(2,3)8-5-9-16-13/h4,6-7,13,16-17H,5,8-10H2,1-3H3. The van der Waals surface area contributed by atoms with Gasteiger partial charge in [0, 0.05) is 18.7 Å². The predicted octanol–water partition coefficient (Wildman–Crippen LogP) is 3.09. The molecule has 1 fully saturated rings. The second-order valence-corrected chi connectivity index (χ2v) is 6.21. The van der Waals surface area contributed by atoms with Gasteiger partial charge < -0.3 is 10.6 Å². The lowest BCUT2D eigenvalue weighted by Crippen LogP contribution is -2.50. The van der Waals surface area contributed by atoms with E-state index in [1.54, 1.807) is 12.1 Å². The smallest absolute Gasteiger partial charge is 0.292 e. The molecule has 0 aromatic heterocycles. The molecule has 20 heavy (non-hydrogen) atoms. The van der Waals surface area contributed by atoms with Crippen molar-refractivity contribution >= 4 is 11.4 Å². The van der Waals surface area contributed by atoms with Crippen LogP contribution < -0.4 is 10.6 Å². The van der Waals surface area contributed by atoms with E-state index in [-0.39, 0.29) is 16.0 Å². The van der Waals surface area contributed by atoms with Gasteiger partial charge in [-0.05, 0) is 37.3 Å². The molecule has 5 nitrogen and oxygen atoms in total. The molecule has 5 heteroatoms. The van der Waals surface area contributed by atoms with Crippen molar-refractivity contribution in [3.63, 3.8) is 0 Å². The van der Waals surface area contributed by atoms with Crippen LogP contribution in [0.2, 0.25) is 0 Å². The van der Waals surface area contributed by atoms with E-state index in [4.69, 9.17) is 0 Å². The van der Waals surface area contributed by atoms with E-state index < -0.39 is 0 Å². The van der Waals surface area contributed by atoms with Gasteiger partial charge in [-0.1, -0.05) is 26.0 Å². The first-order valence-electron chi connectivity index (χ1n) is 7.13. The molecule has 1 atom stereocenters. The molecule has 0 radical (unpaired) electrons. The zero-order chi connectivity index (χ0) is 14.8. The normalized spacial score (nSPS) is 21.4. The molecule has 1 aromatic rings. The summed E-state index contributed by atoms with van der Waals surface area (Å²) in [6.07, 6.45) is 2.37. The Balaban J connectivity index is 2.13. The SMILES string of the molecule is Cc1cccc([N+](=O)[O-])c1NCC1NCCCC1(C)C. The van der Waals surface area contributed by atoms with Crippen LogP contribution in [0.5, 0.6) is 0 Å². The van der Waals surface area contributed by atoms with Gasteiger partial charge in [0.2, 0.25) is 0 Å². The number of anilines is 1. The molecule has 0 spiro atoms. The topological polar surface area (TPSA) is 67.2 Å². The van der Waals surface area contributed by atoms with Gasteiger partial charge >= 0.3 is 0 Å². The Morgan fingerprint density at radius 1 is 1.50 bits per heavy atom. The van der Waals surface area contributed by atoms with Crippen molar-refractivity contribution in [2.45, 2.75) is 39.7 Å². The first kappa shape index (κ1) is 14.8. The number of rotatable bonds is 4. The molecule has 0 amide bonds. The average Bonchev–Trinajstić information content (AvgIpc) is 2.38. The van der Waals surface area contributed by atoms with Crippen LogP contribution in [0.3, 0.4) is 0 Å². The highest BCUT2D eigenvalue weighted by Crippen LogP contribution is 2.32. The predicted molar refractivity (Wildman–Crippen MR) is 81.1 cm³/mol. The average molecular weight is 277 g/mol. The largest absolute Gasteiger partial charge is 0.378 e. The van der Waals surface area contributed by atoms with Gasteiger partial charge in [-0.3, -0.25) is 10.1 Å². The van der Waals surface area contributed by atoms with Crippen molar-refractivity contribution in [1.82, 2.24) is 5.32 Å². The van der Waals surface area contributed by atoms with Crippen LogP contribution in [-0.2, 0) is 0 Å². The van der Waals surface area contributed by atoms with Gasteiger partial charge in [0.25, 0.3) is 5.69 Å². The van der Waals surface area contributed by atoms with Crippen LogP contribution in [0.4, 0.5) is 11.4 Å². The molecule has 0 bridgehead atoms. The van der Waals surface area contributed by atoms with Crippen LogP contribution in [0, 0.1) is 22.5 Å². The minimum atomic E-state index is -0.325. The maximum atomic E-state index is 11.1. The van der Waals surface area contributed by atoms with Gasteiger partial charge in [0.05, 0.1) is 4.92 Å². The van der Waals surface area contributed by atoms with Crippen LogP contribution in [-0.4, -0.2) is 24.1 Å². The summed E-state index contributed by atoms with van der Waals surface area (Å²) in [5.74, 6) is 0. The minimum absolute atomic E-state index is 0.151. The van der Waals surface area contributed by atoms with E-state index in [1.165, 1.54) is 12.8 Å². The fraction of sp³-hybridized carbons (Fsp3) is 0.600. The summed E-state index contributed by atoms with van der Waals surface area (Å²) in [5.41, 5.74) is 1.91. The van der Waals surface area contributed by atoms with E-state index in [0.29, 0.717) is 18.3 Å². The highest BCUT2D eigenvalue weighted by atomic mass is 16.6. The summed E-state index contributed by atoms with van der Waals surface area (Å²) in [4.78, 5) is 10.8. The second kappa shape index (κ2) is 5.79. The Hall–Kier alpha value is -1.62. The van der Waals surface area contributed by atoms with E-state index >= 15 is 0 Å². The molecule has 2 rings (SSSR count). The number of benzene rings is 1. The van der Waals surface area contributed by atoms with E-state index in [0.717, 1.165) is 12.1 Å². The summed E-state index contributed by atoms with van der Waals surface area (Å²) >= 11 is 0. The molecule has 0 aliphatic carbocycles. The molecule has 110 valence electrons. The van der Waals surface area contributed by atoms with Gasteiger partial charge in [-0.25, -0.2) is 0 Å². The number of nitrogens with one attached hydrogen (secondary N) is 2. The minimum Gasteiger partial charge on any atom is -0.378 e. The van der Waals surface area contributed by atoms with Gasteiger partial charge in [0.1, 0.15) is 5.69 Å². The van der Waals surface area contributed by atoms with Crippen LogP contribution in [0.25, 0.3) is 0 Å². The molecular formula is C15H23N3O2. The monoisotopic (exact) mass is 277 g/mol. The fourth-order valence-electron chi connectivity index (χ4n) is 2.86. The van der Waals surface area contributed by atoms with Crippen molar-refractivity contribution < 1.29 is 4.92 Å². The lowest BCUT2D eigenvalue weighted by Gasteiger charge is -2.39. The van der Waals surface area contributed by atoms with Crippen LogP contribution in [0.15, 0.2) is 18.2 Å². The molecule has 1 aliphatic rings. The number of hydrogen-bond donors (Lipinski definition) is 2. The first-order chi connectivity index (χ1) is 9.42. The molecule has 0 saturated carbocycles. The van der Waals surface area contributed by atoms with Crippen molar-refractivity contribution in [3.05, 3.63) is 33.9 Å². The molecule has 1 aliphatic heterocycles. The highest BCUT2D eigenvalue weighted by molar-refractivity contribution is 5.66. The van der Waals surface area contributed by atoms with Crippen molar-refractivity contribution in [2.24, 2.45) is 5.41 Å². The molecule has 1 aromatic carbocycles. The third-order valence-corrected chi connectivity index (χ3v) is 4.26. The summed E-state index contributed by atoms with van der Waals surface area (Å²) < 4.78 is 0. The Labute approximate surface area is 119 Å². The van der Waals surface area contributed by atoms with Crippen LogP contribution >= 0.6 is 0 Å². The Morgan fingerprint density at radius 2 is 2.25 bits per heavy atom. The Bertz CT molecular complexity index is 500. The van der Waals surface area contributed by atoms with Gasteiger partial charge in [0.15, 0.2) is 0 Å². The highest BCUT2D eigenvalue weighted by Gasteiger charge is 2.32. The first-order valence-corrected chi connectivity index (χ1v) is 7.13. The molecule has 1 saturated heterocycles. The quantitative estimate of drug-likeness (QED) is 0.655. The number of aryl methyl sites for hydroxylation is 1. The third-order valence-electron chi connectivity index (χ3n) is 4.26. The van der Waals surface area contributed by atoms with Crippen molar-refractivity contribution in [2.75, 3.05) is 18.4 Å². The van der Waals surface area contributed by atoms with E-state index in [2.05, 4.69) is 24.5 Å². The lowest BCUT2D eigenvalue weighted by atomic mass is 9.77. The number of para-hydroxylation sites is 1. The summed E-state index contributed by atoms with van der Waals surface area (Å²) in [6.45, 7) is 8.12. The van der Waals surface area contributed by atoms with Crippen molar-refractivity contribution in [3.8, 4) is 0 Å². The van der Waals surface area contributed by atoms with E-state index in [9.17, 15) is 10.1 Å². The second-order valence-electron chi connectivity index (χ2n) is 6.21. The molecule has 2 N–H and O–H groups in total. The van der Waals surface area contributed by atoms with Gasteiger partial charge in [-0.2, -0.15) is 0 Å². The zero-order valence-corrected chi connectivity index (χ0v) is 12.4. The molecule has 1 heterocycles. The maximum Gasteiger partial charge on any atom is 0.292 e. The summed E-state index contributed by atoms with van der Waals surface area (Å²) in [7, 11) is 0. The van der Waals surface area contributed by atoms with Crippen molar-refractivity contribution in [1.29, 1.82) is 0 Å². The number of piperidine rings is 1.